The lowest BCUT2D eigenvalue weighted by Crippen LogP contribution is -1.95. The van der Waals surface area contributed by atoms with E-state index in [0.29, 0.717) is 5.52 Å². The maximum atomic E-state index is 9.88. The summed E-state index contributed by atoms with van der Waals surface area (Å²) in [7, 11) is 0. The van der Waals surface area contributed by atoms with Crippen LogP contribution < -0.4 is 0 Å². The Labute approximate surface area is 146 Å². The van der Waals surface area contributed by atoms with Gasteiger partial charge in [0.1, 0.15) is 11.3 Å². The van der Waals surface area contributed by atoms with Crippen molar-refractivity contribution in [2.75, 3.05) is 0 Å². The second kappa shape index (κ2) is 10.1. The molecule has 0 fully saturated rings. The summed E-state index contributed by atoms with van der Waals surface area (Å²) in [5.41, 5.74) is 3.07. The van der Waals surface area contributed by atoms with Gasteiger partial charge in [0, 0.05) is 11.1 Å². The van der Waals surface area contributed by atoms with Gasteiger partial charge in [0.2, 0.25) is 0 Å². The molecule has 0 saturated carbocycles. The van der Waals surface area contributed by atoms with Gasteiger partial charge in [-0.3, -0.25) is 0 Å². The van der Waals surface area contributed by atoms with Crippen molar-refractivity contribution in [1.82, 2.24) is 4.98 Å². The van der Waals surface area contributed by atoms with Gasteiger partial charge in [-0.1, -0.05) is 56.9 Å². The van der Waals surface area contributed by atoms with Crippen molar-refractivity contribution >= 4 is 10.9 Å². The molecule has 2 aromatic rings. The van der Waals surface area contributed by atoms with E-state index in [1.54, 1.807) is 6.07 Å². The number of pyridine rings is 1. The number of hydrogen-bond donors (Lipinski definition) is 1. The standard InChI is InChI=1S/C22H31NO/c1-3-4-5-6-7-8-9-10-11-12-14-19-17-20-15-13-16-21(24)22(20)23-18(19)2/h6-7,13,15-17,24H,3-5,8-12,14H2,1-2H3. The van der Waals surface area contributed by atoms with Crippen LogP contribution in [0.4, 0.5) is 0 Å². The molecule has 2 rings (SSSR count). The van der Waals surface area contributed by atoms with Crippen LogP contribution in [0.15, 0.2) is 36.4 Å². The summed E-state index contributed by atoms with van der Waals surface area (Å²) in [6, 6.07) is 7.79. The lowest BCUT2D eigenvalue weighted by Gasteiger charge is -2.08. The van der Waals surface area contributed by atoms with Gasteiger partial charge in [-0.15, -0.1) is 0 Å². The number of aromatic nitrogens is 1. The molecule has 1 heterocycles. The van der Waals surface area contributed by atoms with Gasteiger partial charge in [-0.05, 0) is 56.7 Å². The van der Waals surface area contributed by atoms with E-state index in [4.69, 9.17) is 0 Å². The summed E-state index contributed by atoms with van der Waals surface area (Å²) in [6.07, 6.45) is 15.9. The third-order valence-corrected chi connectivity index (χ3v) is 4.58. The summed E-state index contributed by atoms with van der Waals surface area (Å²) in [5.74, 6) is 0.272. The Balaban J connectivity index is 1.72. The number of phenolic OH excluding ortho intramolecular Hbond substituents is 1. The second-order valence-corrected chi connectivity index (χ2v) is 6.65. The molecular formula is C22H31NO. The van der Waals surface area contributed by atoms with E-state index in [1.807, 2.05) is 19.1 Å². The molecule has 0 atom stereocenters. The molecule has 1 N–H and O–H groups in total. The zero-order chi connectivity index (χ0) is 17.2. The molecule has 130 valence electrons. The van der Waals surface area contributed by atoms with Gasteiger partial charge < -0.3 is 5.11 Å². The smallest absolute Gasteiger partial charge is 0.141 e. The quantitative estimate of drug-likeness (QED) is 0.400. The van der Waals surface area contributed by atoms with Crippen molar-refractivity contribution in [3.8, 4) is 5.75 Å². The van der Waals surface area contributed by atoms with E-state index in [1.165, 1.54) is 56.9 Å². The topological polar surface area (TPSA) is 33.1 Å². The fourth-order valence-electron chi connectivity index (χ4n) is 3.06. The molecule has 2 heteroatoms. The number of hydrogen-bond acceptors (Lipinski definition) is 2. The Morgan fingerprint density at radius 1 is 1.00 bits per heavy atom. The third-order valence-electron chi connectivity index (χ3n) is 4.58. The van der Waals surface area contributed by atoms with Gasteiger partial charge in [0.15, 0.2) is 0 Å². The first-order valence-corrected chi connectivity index (χ1v) is 9.45. The van der Waals surface area contributed by atoms with Crippen molar-refractivity contribution in [3.05, 3.63) is 47.7 Å². The van der Waals surface area contributed by atoms with E-state index >= 15 is 0 Å². The van der Waals surface area contributed by atoms with Crippen molar-refractivity contribution < 1.29 is 5.11 Å². The molecule has 0 aliphatic carbocycles. The van der Waals surface area contributed by atoms with Crippen LogP contribution >= 0.6 is 0 Å². The highest BCUT2D eigenvalue weighted by Crippen LogP contribution is 2.25. The maximum Gasteiger partial charge on any atom is 0.141 e. The molecule has 2 nitrogen and oxygen atoms in total. The highest BCUT2D eigenvalue weighted by Gasteiger charge is 2.06. The largest absolute Gasteiger partial charge is 0.506 e. The average molecular weight is 325 g/mol. The number of aromatic hydroxyl groups is 1. The molecule has 0 amide bonds. The van der Waals surface area contributed by atoms with Crippen molar-refractivity contribution in [2.45, 2.75) is 71.6 Å². The monoisotopic (exact) mass is 325 g/mol. The Kier molecular flexibility index (Phi) is 7.81. The van der Waals surface area contributed by atoms with Gasteiger partial charge >= 0.3 is 0 Å². The predicted molar refractivity (Wildman–Crippen MR) is 104 cm³/mol. The SMILES string of the molecule is CCCCC=CCCCCCCc1cc2cccc(O)c2nc1C. The van der Waals surface area contributed by atoms with Gasteiger partial charge in [0.05, 0.1) is 0 Å². The highest BCUT2D eigenvalue weighted by molar-refractivity contribution is 5.84. The minimum absolute atomic E-state index is 0.272. The molecule has 0 bridgehead atoms. The van der Waals surface area contributed by atoms with E-state index in [-0.39, 0.29) is 5.75 Å². The molecule has 0 aliphatic rings. The van der Waals surface area contributed by atoms with E-state index in [9.17, 15) is 5.11 Å². The first-order chi connectivity index (χ1) is 11.7. The van der Waals surface area contributed by atoms with Crippen LogP contribution in [0.1, 0.15) is 69.5 Å². The molecule has 0 aliphatic heterocycles. The van der Waals surface area contributed by atoms with E-state index in [2.05, 4.69) is 30.1 Å². The number of aryl methyl sites for hydroxylation is 2. The van der Waals surface area contributed by atoms with Crippen LogP contribution in [-0.4, -0.2) is 10.1 Å². The Morgan fingerprint density at radius 3 is 2.54 bits per heavy atom. The number of unbranched alkanes of at least 4 members (excludes halogenated alkanes) is 6. The molecule has 0 radical (unpaired) electrons. The van der Waals surface area contributed by atoms with Crippen molar-refractivity contribution in [2.24, 2.45) is 0 Å². The van der Waals surface area contributed by atoms with Gasteiger partial charge in [0.25, 0.3) is 0 Å². The van der Waals surface area contributed by atoms with Gasteiger partial charge in [-0.2, -0.15) is 0 Å². The fraction of sp³-hybridized carbons (Fsp3) is 0.500. The number of rotatable bonds is 10. The lowest BCUT2D eigenvalue weighted by molar-refractivity contribution is 0.480. The van der Waals surface area contributed by atoms with Crippen LogP contribution in [0.5, 0.6) is 5.75 Å². The van der Waals surface area contributed by atoms with Gasteiger partial charge in [-0.25, -0.2) is 4.98 Å². The number of allylic oxidation sites excluding steroid dienone is 2. The number of nitrogens with zero attached hydrogens (tertiary/aromatic N) is 1. The zero-order valence-corrected chi connectivity index (χ0v) is 15.2. The summed E-state index contributed by atoms with van der Waals surface area (Å²) in [5, 5.41) is 10.9. The summed E-state index contributed by atoms with van der Waals surface area (Å²) < 4.78 is 0. The number of para-hydroxylation sites is 1. The number of phenols is 1. The Hall–Kier alpha value is -1.83. The first-order valence-electron chi connectivity index (χ1n) is 9.45. The minimum atomic E-state index is 0.272. The fourth-order valence-corrected chi connectivity index (χ4v) is 3.06. The maximum absolute atomic E-state index is 9.88. The molecular weight excluding hydrogens is 294 g/mol. The summed E-state index contributed by atoms with van der Waals surface area (Å²) in [4.78, 5) is 4.58. The average Bonchev–Trinajstić information content (AvgIpc) is 2.58. The van der Waals surface area contributed by atoms with Crippen LogP contribution in [0.3, 0.4) is 0 Å². The number of fused-ring (bicyclic) bond motifs is 1. The third kappa shape index (κ3) is 5.67. The Bertz CT molecular complexity index is 660. The second-order valence-electron chi connectivity index (χ2n) is 6.65. The molecule has 0 saturated heterocycles. The molecule has 1 aromatic heterocycles. The lowest BCUT2D eigenvalue weighted by atomic mass is 10.0. The van der Waals surface area contributed by atoms with E-state index < -0.39 is 0 Å². The summed E-state index contributed by atoms with van der Waals surface area (Å²) in [6.45, 7) is 4.28. The molecule has 24 heavy (non-hydrogen) atoms. The van der Waals surface area contributed by atoms with Crippen LogP contribution in [0.25, 0.3) is 10.9 Å². The molecule has 0 spiro atoms. The highest BCUT2D eigenvalue weighted by atomic mass is 16.3. The minimum Gasteiger partial charge on any atom is -0.506 e. The normalized spacial score (nSPS) is 11.6. The van der Waals surface area contributed by atoms with Crippen molar-refractivity contribution in [1.29, 1.82) is 0 Å². The Morgan fingerprint density at radius 2 is 1.75 bits per heavy atom. The summed E-state index contributed by atoms with van der Waals surface area (Å²) >= 11 is 0. The zero-order valence-electron chi connectivity index (χ0n) is 15.2. The first kappa shape index (κ1) is 18.5. The van der Waals surface area contributed by atoms with E-state index in [0.717, 1.165) is 17.5 Å². The van der Waals surface area contributed by atoms with Crippen LogP contribution in [0, 0.1) is 6.92 Å². The van der Waals surface area contributed by atoms with Crippen molar-refractivity contribution in [3.63, 3.8) is 0 Å². The number of benzene rings is 1. The molecule has 0 unspecified atom stereocenters. The van der Waals surface area contributed by atoms with Crippen LogP contribution in [0.2, 0.25) is 0 Å². The van der Waals surface area contributed by atoms with Crippen LogP contribution in [-0.2, 0) is 6.42 Å². The predicted octanol–water partition coefficient (Wildman–Crippen LogP) is 6.49. The molecule has 1 aromatic carbocycles.